The number of hydrogen-bond acceptors (Lipinski definition) is 6. The lowest BCUT2D eigenvalue weighted by atomic mass is 10.2. The molecule has 0 spiro atoms. The molecule has 128 valence electrons. The Hall–Kier alpha value is -2.12. The lowest BCUT2D eigenvalue weighted by molar-refractivity contribution is 0.101. The largest absolute Gasteiger partial charge is 0.461 e. The molecule has 25 heavy (non-hydrogen) atoms. The molecule has 0 bridgehead atoms. The first-order chi connectivity index (χ1) is 12.3. The first-order valence-electron chi connectivity index (χ1n) is 7.95. The molecule has 0 atom stereocenters. The molecule has 1 N–H and O–H groups in total. The molecule has 1 fully saturated rings. The molecule has 1 aliphatic rings. The van der Waals surface area contributed by atoms with Crippen LogP contribution in [0.2, 0.25) is 0 Å². The minimum Gasteiger partial charge on any atom is -0.461 e. The highest BCUT2D eigenvalue weighted by Gasteiger charge is 2.18. The van der Waals surface area contributed by atoms with Gasteiger partial charge in [-0.25, -0.2) is 0 Å². The number of hydrogen-bond donors (Lipinski definition) is 1. The van der Waals surface area contributed by atoms with E-state index < -0.39 is 0 Å². The van der Waals surface area contributed by atoms with E-state index in [0.29, 0.717) is 16.1 Å². The molecule has 3 aromatic rings. The summed E-state index contributed by atoms with van der Waals surface area (Å²) >= 11 is 3.91. The Bertz CT molecular complexity index is 855. The van der Waals surface area contributed by atoms with Gasteiger partial charge in [0.05, 0.1) is 10.8 Å². The number of rotatable bonds is 4. The van der Waals surface area contributed by atoms with Gasteiger partial charge in [-0.05, 0) is 47.8 Å². The number of amides is 1. The highest BCUT2D eigenvalue weighted by atomic mass is 32.2. The van der Waals surface area contributed by atoms with Crippen LogP contribution in [0.3, 0.4) is 0 Å². The van der Waals surface area contributed by atoms with Crippen molar-refractivity contribution in [3.8, 4) is 11.5 Å². The smallest absolute Gasteiger partial charge is 0.277 e. The molecule has 5 nitrogen and oxygen atoms in total. The van der Waals surface area contributed by atoms with Crippen molar-refractivity contribution in [1.29, 1.82) is 0 Å². The van der Waals surface area contributed by atoms with Crippen LogP contribution in [0.25, 0.3) is 11.5 Å². The maximum Gasteiger partial charge on any atom is 0.277 e. The molecular formula is C18H16N2O3S2. The number of aromatic nitrogens is 1. The fourth-order valence-electron chi connectivity index (χ4n) is 2.56. The van der Waals surface area contributed by atoms with E-state index >= 15 is 0 Å². The summed E-state index contributed by atoms with van der Waals surface area (Å²) < 4.78 is 10.9. The second-order valence-corrected chi connectivity index (χ2v) is 8.28. The van der Waals surface area contributed by atoms with Gasteiger partial charge in [0.2, 0.25) is 5.76 Å². The van der Waals surface area contributed by atoms with Crippen LogP contribution in [0.4, 0.5) is 5.69 Å². The molecular weight excluding hydrogens is 356 g/mol. The lowest BCUT2D eigenvalue weighted by Gasteiger charge is -2.21. The molecule has 1 aromatic carbocycles. The van der Waals surface area contributed by atoms with Gasteiger partial charge in [0.25, 0.3) is 5.91 Å². The minimum atomic E-state index is -0.303. The van der Waals surface area contributed by atoms with Crippen molar-refractivity contribution >= 4 is 35.1 Å². The van der Waals surface area contributed by atoms with Gasteiger partial charge in [0.15, 0.2) is 11.5 Å². The van der Waals surface area contributed by atoms with Crippen molar-refractivity contribution in [2.75, 3.05) is 16.8 Å². The zero-order valence-corrected chi connectivity index (χ0v) is 14.9. The number of carbonyl (C=O) groups excluding carboxylic acids is 1. The number of benzene rings is 1. The number of carbonyl (C=O) groups is 1. The Balaban J connectivity index is 1.47. The summed E-state index contributed by atoms with van der Waals surface area (Å²) in [5.74, 6) is 3.03. The average molecular weight is 372 g/mol. The third kappa shape index (κ3) is 3.77. The van der Waals surface area contributed by atoms with Crippen LogP contribution < -0.4 is 5.32 Å². The average Bonchev–Trinajstić information content (AvgIpc) is 3.34. The summed E-state index contributed by atoms with van der Waals surface area (Å²) in [6, 6.07) is 13.1. The molecule has 2 aromatic heterocycles. The Morgan fingerprint density at radius 2 is 2.00 bits per heavy atom. The SMILES string of the molecule is O=C(Nc1cccc(C2SCCCS2)c1)c1cc(-c2ccco2)on1. The summed E-state index contributed by atoms with van der Waals surface area (Å²) in [6.07, 6.45) is 2.80. The minimum absolute atomic E-state index is 0.221. The van der Waals surface area contributed by atoms with Gasteiger partial charge in [-0.2, -0.15) is 0 Å². The third-order valence-corrected chi connectivity index (χ3v) is 6.77. The quantitative estimate of drug-likeness (QED) is 0.691. The number of nitrogens with one attached hydrogen (secondary N) is 1. The second-order valence-electron chi connectivity index (χ2n) is 5.56. The fourth-order valence-corrected chi connectivity index (χ4v) is 5.43. The number of nitrogens with zero attached hydrogens (tertiary/aromatic N) is 1. The van der Waals surface area contributed by atoms with Crippen molar-refractivity contribution in [2.24, 2.45) is 0 Å². The molecule has 1 saturated heterocycles. The van der Waals surface area contributed by atoms with Crippen LogP contribution in [0, 0.1) is 0 Å². The van der Waals surface area contributed by atoms with E-state index in [2.05, 4.69) is 16.5 Å². The predicted octanol–water partition coefficient (Wildman–Crippen LogP) is 5.06. The Morgan fingerprint density at radius 3 is 2.80 bits per heavy atom. The van der Waals surface area contributed by atoms with Crippen molar-refractivity contribution < 1.29 is 13.7 Å². The zero-order chi connectivity index (χ0) is 17.1. The van der Waals surface area contributed by atoms with Gasteiger partial charge in [-0.1, -0.05) is 17.3 Å². The van der Waals surface area contributed by atoms with E-state index in [1.165, 1.54) is 23.5 Å². The number of thioether (sulfide) groups is 2. The van der Waals surface area contributed by atoms with Gasteiger partial charge in [0, 0.05) is 11.8 Å². The summed E-state index contributed by atoms with van der Waals surface area (Å²) in [5, 5.41) is 6.71. The van der Waals surface area contributed by atoms with E-state index in [4.69, 9.17) is 8.94 Å². The third-order valence-electron chi connectivity index (χ3n) is 3.75. The fraction of sp³-hybridized carbons (Fsp3) is 0.222. The molecule has 0 saturated carbocycles. The van der Waals surface area contributed by atoms with Crippen LogP contribution in [0.15, 0.2) is 57.7 Å². The van der Waals surface area contributed by atoms with E-state index in [-0.39, 0.29) is 11.6 Å². The van der Waals surface area contributed by atoms with Crippen molar-refractivity contribution in [3.05, 3.63) is 60.0 Å². The number of anilines is 1. The van der Waals surface area contributed by atoms with Crippen LogP contribution in [0.5, 0.6) is 0 Å². The molecule has 1 aliphatic heterocycles. The summed E-state index contributed by atoms with van der Waals surface area (Å²) in [5.41, 5.74) is 2.21. The molecule has 4 rings (SSSR count). The van der Waals surface area contributed by atoms with Gasteiger partial charge in [-0.15, -0.1) is 23.5 Å². The number of furan rings is 1. The standard InChI is InChI=1S/C18H16N2O3S2/c21-17(14-11-16(23-20-14)15-6-2-7-22-15)19-13-5-1-4-12(10-13)18-24-8-3-9-25-18/h1-2,4-7,10-11,18H,3,8-9H2,(H,19,21). The second kappa shape index (κ2) is 7.41. The highest BCUT2D eigenvalue weighted by molar-refractivity contribution is 8.16. The van der Waals surface area contributed by atoms with Crippen molar-refractivity contribution in [3.63, 3.8) is 0 Å². The predicted molar refractivity (Wildman–Crippen MR) is 101 cm³/mol. The monoisotopic (exact) mass is 372 g/mol. The topological polar surface area (TPSA) is 68.3 Å². The normalized spacial score (nSPS) is 15.2. The first-order valence-corrected chi connectivity index (χ1v) is 10.0. The Morgan fingerprint density at radius 1 is 1.12 bits per heavy atom. The summed E-state index contributed by atoms with van der Waals surface area (Å²) in [6.45, 7) is 0. The highest BCUT2D eigenvalue weighted by Crippen LogP contribution is 2.44. The van der Waals surface area contributed by atoms with Gasteiger partial charge in [0.1, 0.15) is 0 Å². The maximum absolute atomic E-state index is 12.4. The van der Waals surface area contributed by atoms with E-state index in [1.807, 2.05) is 41.7 Å². The van der Waals surface area contributed by atoms with Crippen LogP contribution in [-0.4, -0.2) is 22.6 Å². The van der Waals surface area contributed by atoms with E-state index in [9.17, 15) is 4.79 Å². The molecule has 7 heteroatoms. The van der Waals surface area contributed by atoms with Gasteiger partial charge < -0.3 is 14.3 Å². The molecule has 0 aliphatic carbocycles. The Labute approximate surface area is 153 Å². The van der Waals surface area contributed by atoms with Crippen LogP contribution >= 0.6 is 23.5 Å². The van der Waals surface area contributed by atoms with Gasteiger partial charge in [-0.3, -0.25) is 4.79 Å². The van der Waals surface area contributed by atoms with Crippen LogP contribution in [0.1, 0.15) is 27.1 Å². The summed E-state index contributed by atoms with van der Waals surface area (Å²) in [7, 11) is 0. The van der Waals surface area contributed by atoms with E-state index in [0.717, 1.165) is 5.69 Å². The van der Waals surface area contributed by atoms with Crippen molar-refractivity contribution in [1.82, 2.24) is 5.16 Å². The molecule has 3 heterocycles. The maximum atomic E-state index is 12.4. The first kappa shape index (κ1) is 16.4. The van der Waals surface area contributed by atoms with Crippen molar-refractivity contribution in [2.45, 2.75) is 11.0 Å². The molecule has 0 unspecified atom stereocenters. The lowest BCUT2D eigenvalue weighted by Crippen LogP contribution is -2.12. The van der Waals surface area contributed by atoms with Gasteiger partial charge >= 0.3 is 0 Å². The van der Waals surface area contributed by atoms with E-state index in [1.54, 1.807) is 24.5 Å². The summed E-state index contributed by atoms with van der Waals surface area (Å²) in [4.78, 5) is 12.4. The molecule has 1 amide bonds. The van der Waals surface area contributed by atoms with Crippen LogP contribution in [-0.2, 0) is 0 Å². The Kier molecular flexibility index (Phi) is 4.85. The zero-order valence-electron chi connectivity index (χ0n) is 13.3. The molecule has 0 radical (unpaired) electrons.